The van der Waals surface area contributed by atoms with Gasteiger partial charge in [-0.15, -0.1) is 0 Å². The molecular weight excluding hydrogens is 499 g/mol. The van der Waals surface area contributed by atoms with E-state index in [4.69, 9.17) is 16.3 Å². The minimum Gasteiger partial charge on any atom is -0.463 e. The first kappa shape index (κ1) is 26.6. The van der Waals surface area contributed by atoms with Crippen molar-refractivity contribution >= 4 is 29.5 Å². The molecule has 10 heteroatoms. The second-order valence-electron chi connectivity index (χ2n) is 9.14. The Hall–Kier alpha value is -3.43. The van der Waals surface area contributed by atoms with Gasteiger partial charge in [-0.25, -0.2) is 14.0 Å². The van der Waals surface area contributed by atoms with Crippen LogP contribution in [0, 0.1) is 5.82 Å². The normalized spacial score (nSPS) is 20.6. The lowest BCUT2D eigenvalue weighted by atomic mass is 9.94. The van der Waals surface area contributed by atoms with E-state index in [1.54, 1.807) is 55.3 Å². The van der Waals surface area contributed by atoms with Gasteiger partial charge in [0.25, 0.3) is 5.91 Å². The third-order valence-electron chi connectivity index (χ3n) is 6.73. The number of halogens is 2. The van der Waals surface area contributed by atoms with E-state index >= 15 is 0 Å². The summed E-state index contributed by atoms with van der Waals surface area (Å²) >= 11 is 6.05. The highest BCUT2D eigenvalue weighted by Gasteiger charge is 2.38. The van der Waals surface area contributed by atoms with Gasteiger partial charge in [0.2, 0.25) is 0 Å². The van der Waals surface area contributed by atoms with Gasteiger partial charge in [0.15, 0.2) is 0 Å². The number of hydrogen-bond donors (Lipinski definition) is 1. The van der Waals surface area contributed by atoms with E-state index in [0.717, 1.165) is 0 Å². The van der Waals surface area contributed by atoms with Crippen molar-refractivity contribution in [3.05, 3.63) is 81.8 Å². The number of nitrogens with zero attached hydrogens (tertiary/aromatic N) is 3. The maximum absolute atomic E-state index is 14.2. The zero-order chi connectivity index (χ0) is 26.7. The molecule has 2 atom stereocenters. The van der Waals surface area contributed by atoms with Gasteiger partial charge in [0, 0.05) is 50.0 Å². The zero-order valence-electron chi connectivity index (χ0n) is 21.0. The standard InChI is InChI=1S/C27H30ClFN4O4/c1-4-37-26(35)23-22(31(3)27(36)30-24(23)18-9-11-19(28)12-10-18)16-32-13-14-33(17(2)15-32)25(34)20-7-5-6-8-21(20)29/h5-12,17,24H,4,13-16H2,1-3H3,(H,30,36)/t17-,24+/m0/s1. The average Bonchev–Trinajstić information content (AvgIpc) is 2.87. The number of carbonyl (C=O) groups excluding carboxylic acids is 3. The van der Waals surface area contributed by atoms with Gasteiger partial charge in [-0.1, -0.05) is 35.9 Å². The number of urea groups is 1. The largest absolute Gasteiger partial charge is 0.463 e. The molecule has 1 N–H and O–H groups in total. The summed E-state index contributed by atoms with van der Waals surface area (Å²) in [6, 6.07) is 11.7. The number of hydrogen-bond acceptors (Lipinski definition) is 5. The van der Waals surface area contributed by atoms with Crippen LogP contribution in [0.1, 0.15) is 35.8 Å². The van der Waals surface area contributed by atoms with Crippen molar-refractivity contribution in [2.24, 2.45) is 0 Å². The number of carbonyl (C=O) groups is 3. The maximum Gasteiger partial charge on any atom is 0.338 e. The number of esters is 1. The fourth-order valence-corrected chi connectivity index (χ4v) is 4.91. The van der Waals surface area contributed by atoms with Crippen molar-refractivity contribution in [2.75, 3.05) is 39.8 Å². The van der Waals surface area contributed by atoms with E-state index in [9.17, 15) is 18.8 Å². The van der Waals surface area contributed by atoms with Crippen molar-refractivity contribution in [3.63, 3.8) is 0 Å². The lowest BCUT2D eigenvalue weighted by molar-refractivity contribution is -0.139. The van der Waals surface area contributed by atoms with Crippen LogP contribution in [0.4, 0.5) is 9.18 Å². The molecule has 1 fully saturated rings. The number of amides is 3. The summed E-state index contributed by atoms with van der Waals surface area (Å²) in [4.78, 5) is 44.2. The van der Waals surface area contributed by atoms with E-state index in [-0.39, 0.29) is 30.2 Å². The third-order valence-corrected chi connectivity index (χ3v) is 6.98. The van der Waals surface area contributed by atoms with Crippen LogP contribution in [0.25, 0.3) is 0 Å². The Balaban J connectivity index is 1.60. The van der Waals surface area contributed by atoms with Gasteiger partial charge in [0.05, 0.1) is 23.8 Å². The number of piperazine rings is 1. The molecule has 1 saturated heterocycles. The number of ether oxygens (including phenoxy) is 1. The molecule has 0 spiro atoms. The predicted octanol–water partition coefficient (Wildman–Crippen LogP) is 3.84. The molecule has 0 saturated carbocycles. The summed E-state index contributed by atoms with van der Waals surface area (Å²) in [7, 11) is 1.61. The first-order valence-electron chi connectivity index (χ1n) is 12.2. The molecule has 4 rings (SSSR count). The average molecular weight is 529 g/mol. The molecule has 0 bridgehead atoms. The van der Waals surface area contributed by atoms with E-state index < -0.39 is 17.8 Å². The molecule has 2 aromatic rings. The van der Waals surface area contributed by atoms with Crippen molar-refractivity contribution in [2.45, 2.75) is 25.9 Å². The Labute approximate surface area is 220 Å². The monoisotopic (exact) mass is 528 g/mol. The molecule has 2 heterocycles. The quantitative estimate of drug-likeness (QED) is 0.576. The summed E-state index contributed by atoms with van der Waals surface area (Å²) < 4.78 is 19.6. The molecule has 2 aromatic carbocycles. The Morgan fingerprint density at radius 3 is 2.49 bits per heavy atom. The first-order valence-corrected chi connectivity index (χ1v) is 12.6. The van der Waals surface area contributed by atoms with Gasteiger partial charge in [-0.05, 0) is 43.7 Å². The fourth-order valence-electron chi connectivity index (χ4n) is 4.78. The topological polar surface area (TPSA) is 82.2 Å². The Bertz CT molecular complexity index is 1220. The van der Waals surface area contributed by atoms with Crippen LogP contribution in [0.3, 0.4) is 0 Å². The Morgan fingerprint density at radius 1 is 1.14 bits per heavy atom. The lowest BCUT2D eigenvalue weighted by Gasteiger charge is -2.42. The molecule has 0 aromatic heterocycles. The van der Waals surface area contributed by atoms with Crippen LogP contribution in [-0.2, 0) is 9.53 Å². The van der Waals surface area contributed by atoms with Crippen LogP contribution in [0.2, 0.25) is 5.02 Å². The first-order chi connectivity index (χ1) is 17.7. The molecule has 0 radical (unpaired) electrons. The predicted molar refractivity (Wildman–Crippen MR) is 137 cm³/mol. The number of benzene rings is 2. The summed E-state index contributed by atoms with van der Waals surface area (Å²) in [6.45, 7) is 5.48. The molecule has 2 aliphatic rings. The van der Waals surface area contributed by atoms with Crippen LogP contribution in [0.15, 0.2) is 59.8 Å². The Kier molecular flexibility index (Phi) is 8.14. The van der Waals surface area contributed by atoms with Crippen LogP contribution < -0.4 is 5.32 Å². The molecule has 2 aliphatic heterocycles. The smallest absolute Gasteiger partial charge is 0.338 e. The molecule has 3 amide bonds. The molecule has 37 heavy (non-hydrogen) atoms. The second kappa shape index (κ2) is 11.3. The summed E-state index contributed by atoms with van der Waals surface area (Å²) in [5, 5.41) is 3.43. The van der Waals surface area contributed by atoms with Gasteiger partial charge < -0.3 is 15.0 Å². The molecular formula is C27H30ClFN4O4. The minimum atomic E-state index is -0.698. The summed E-state index contributed by atoms with van der Waals surface area (Å²) in [6.07, 6.45) is 0. The van der Waals surface area contributed by atoms with Gasteiger partial charge in [-0.3, -0.25) is 14.6 Å². The van der Waals surface area contributed by atoms with Gasteiger partial charge in [0.1, 0.15) is 5.82 Å². The fraction of sp³-hybridized carbons (Fsp3) is 0.370. The zero-order valence-corrected chi connectivity index (χ0v) is 21.8. The summed E-state index contributed by atoms with van der Waals surface area (Å²) in [5.74, 6) is -1.41. The highest BCUT2D eigenvalue weighted by molar-refractivity contribution is 6.30. The van der Waals surface area contributed by atoms with E-state index in [2.05, 4.69) is 10.2 Å². The number of rotatable bonds is 6. The van der Waals surface area contributed by atoms with E-state index in [1.807, 2.05) is 6.92 Å². The third kappa shape index (κ3) is 5.62. The molecule has 196 valence electrons. The van der Waals surface area contributed by atoms with Crippen LogP contribution in [0.5, 0.6) is 0 Å². The minimum absolute atomic E-state index is 0.0459. The van der Waals surface area contributed by atoms with Crippen molar-refractivity contribution in [3.8, 4) is 0 Å². The van der Waals surface area contributed by atoms with Gasteiger partial charge in [-0.2, -0.15) is 0 Å². The lowest BCUT2D eigenvalue weighted by Crippen LogP contribution is -2.56. The van der Waals surface area contributed by atoms with Crippen LogP contribution >= 0.6 is 11.6 Å². The summed E-state index contributed by atoms with van der Waals surface area (Å²) in [5.41, 5.74) is 1.64. The number of likely N-dealkylation sites (N-methyl/N-ethyl adjacent to an activating group) is 1. The second-order valence-corrected chi connectivity index (χ2v) is 9.57. The molecule has 8 nitrogen and oxygen atoms in total. The van der Waals surface area contributed by atoms with Crippen molar-refractivity contribution in [1.29, 1.82) is 0 Å². The van der Waals surface area contributed by atoms with E-state index in [0.29, 0.717) is 48.0 Å². The SMILES string of the molecule is CCOC(=O)C1=C(CN2CCN(C(=O)c3ccccc3F)[C@@H](C)C2)N(C)C(=O)N[C@@H]1c1ccc(Cl)cc1. The highest BCUT2D eigenvalue weighted by Crippen LogP contribution is 2.32. The number of nitrogens with one attached hydrogen (secondary N) is 1. The van der Waals surface area contributed by atoms with Crippen LogP contribution in [-0.4, -0.2) is 78.5 Å². The Morgan fingerprint density at radius 2 is 1.84 bits per heavy atom. The van der Waals surface area contributed by atoms with Crippen molar-refractivity contribution in [1.82, 2.24) is 20.0 Å². The van der Waals surface area contributed by atoms with Gasteiger partial charge >= 0.3 is 12.0 Å². The van der Waals surface area contributed by atoms with Crippen molar-refractivity contribution < 1.29 is 23.5 Å². The van der Waals surface area contributed by atoms with E-state index in [1.165, 1.54) is 17.0 Å². The maximum atomic E-state index is 14.2. The molecule has 0 unspecified atom stereocenters. The highest BCUT2D eigenvalue weighted by atomic mass is 35.5. The molecule has 0 aliphatic carbocycles.